The van der Waals surface area contributed by atoms with Crippen molar-refractivity contribution < 1.29 is 4.79 Å². The van der Waals surface area contributed by atoms with E-state index in [4.69, 9.17) is 0 Å². The third kappa shape index (κ3) is 3.24. The minimum atomic E-state index is -0.0478. The molecule has 1 N–H and O–H groups in total. The molecule has 1 aromatic heterocycles. The molecule has 3 aromatic rings. The second-order valence-corrected chi connectivity index (χ2v) is 6.51. The molecular weight excluding hydrogens is 392 g/mol. The van der Waals surface area contributed by atoms with Crippen LogP contribution >= 0.6 is 15.9 Å². The molecule has 134 valence electrons. The van der Waals surface area contributed by atoms with Gasteiger partial charge in [0.05, 0.1) is 29.7 Å². The van der Waals surface area contributed by atoms with Gasteiger partial charge in [0.15, 0.2) is 0 Å². The Kier molecular flexibility index (Phi) is 5.42. The summed E-state index contributed by atoms with van der Waals surface area (Å²) in [6.45, 7) is 4.47. The van der Waals surface area contributed by atoms with Crippen molar-refractivity contribution in [1.82, 2.24) is 9.78 Å². The molecule has 0 spiro atoms. The lowest BCUT2D eigenvalue weighted by Crippen LogP contribution is -2.30. The van der Waals surface area contributed by atoms with Gasteiger partial charge in [-0.2, -0.15) is 5.10 Å². The molecule has 0 saturated heterocycles. The summed E-state index contributed by atoms with van der Waals surface area (Å²) in [5, 5.41) is 7.70. The highest BCUT2D eigenvalue weighted by molar-refractivity contribution is 9.10. The minimum Gasteiger partial charge on any atom is -0.338 e. The summed E-state index contributed by atoms with van der Waals surface area (Å²) in [6.07, 6.45) is 1.80. The van der Waals surface area contributed by atoms with Crippen molar-refractivity contribution in [3.8, 4) is 0 Å². The average Bonchev–Trinajstić information content (AvgIpc) is 2.92. The van der Waals surface area contributed by atoms with Crippen molar-refractivity contribution >= 4 is 39.0 Å². The Morgan fingerprint density at radius 3 is 2.58 bits per heavy atom. The van der Waals surface area contributed by atoms with E-state index in [9.17, 15) is 4.79 Å². The molecule has 1 amide bonds. The Bertz CT molecular complexity index is 935. The normalized spacial score (nSPS) is 12.1. The number of aryl methyl sites for hydroxylation is 1. The van der Waals surface area contributed by atoms with Crippen LogP contribution in [0.2, 0.25) is 0 Å². The average molecular weight is 413 g/mol. The summed E-state index contributed by atoms with van der Waals surface area (Å²) in [4.78, 5) is 15.0. The third-order valence-electron chi connectivity index (χ3n) is 4.14. The molecule has 0 saturated carbocycles. The largest absolute Gasteiger partial charge is 0.338 e. The topological polar surface area (TPSA) is 50.2 Å². The molecule has 6 heteroatoms. The lowest BCUT2D eigenvalue weighted by atomic mass is 10.1. The highest BCUT2D eigenvalue weighted by Crippen LogP contribution is 2.36. The quantitative estimate of drug-likeness (QED) is 0.603. The van der Waals surface area contributed by atoms with E-state index in [1.807, 2.05) is 69.4 Å². The molecule has 5 nitrogen and oxygen atoms in total. The van der Waals surface area contributed by atoms with E-state index in [-0.39, 0.29) is 5.91 Å². The minimum absolute atomic E-state index is 0.0478. The number of carbonyl (C=O) groups is 1. The maximum Gasteiger partial charge on any atom is 0.259 e. The van der Waals surface area contributed by atoms with Gasteiger partial charge in [-0.15, -0.1) is 0 Å². The molecule has 26 heavy (non-hydrogen) atoms. The summed E-state index contributed by atoms with van der Waals surface area (Å²) in [5.74, 6) is 0.860. The van der Waals surface area contributed by atoms with E-state index >= 15 is 0 Å². The van der Waals surface area contributed by atoms with Crippen LogP contribution in [0.25, 0.3) is 0 Å². The Morgan fingerprint density at radius 2 is 1.81 bits per heavy atom. The maximum atomic E-state index is 13.2. The van der Waals surface area contributed by atoms with E-state index in [1.165, 1.54) is 0 Å². The second kappa shape index (κ2) is 7.74. The van der Waals surface area contributed by atoms with Crippen LogP contribution < -0.4 is 10.2 Å². The van der Waals surface area contributed by atoms with Gasteiger partial charge in [-0.1, -0.05) is 38.1 Å². The molecule has 0 aliphatic carbocycles. The van der Waals surface area contributed by atoms with E-state index in [0.29, 0.717) is 12.1 Å². The van der Waals surface area contributed by atoms with Gasteiger partial charge in [0, 0.05) is 17.1 Å². The van der Waals surface area contributed by atoms with Gasteiger partial charge in [-0.05, 0) is 40.2 Å². The Labute approximate surface area is 161 Å². The fraction of sp³-hybridized carbons (Fsp3) is 0.200. The first-order valence-electron chi connectivity index (χ1n) is 8.58. The first kappa shape index (κ1) is 18.2. The molecule has 0 unspecified atom stereocenters. The summed E-state index contributed by atoms with van der Waals surface area (Å²) in [7, 11) is 1.89. The van der Waals surface area contributed by atoms with Crippen LogP contribution in [0.15, 0.2) is 59.2 Å². The van der Waals surface area contributed by atoms with E-state index in [2.05, 4.69) is 26.3 Å². The molecule has 0 bridgehead atoms. The highest BCUT2D eigenvalue weighted by Gasteiger charge is 2.27. The number of anilines is 3. The number of nitrogens with zero attached hydrogens (tertiary/aromatic N) is 3. The molecule has 0 atom stereocenters. The van der Waals surface area contributed by atoms with E-state index in [0.717, 1.165) is 27.2 Å². The Morgan fingerprint density at radius 1 is 1.12 bits per heavy atom. The fourth-order valence-electron chi connectivity index (χ4n) is 2.92. The molecular formula is C20H21BrN4O. The number of carbonyl (C=O) groups excluding carboxylic acids is 1. The van der Waals surface area contributed by atoms with Crippen molar-refractivity contribution in [2.24, 2.45) is 7.05 Å². The van der Waals surface area contributed by atoms with Gasteiger partial charge < -0.3 is 10.2 Å². The van der Waals surface area contributed by atoms with Crippen molar-refractivity contribution in [2.75, 3.05) is 10.2 Å². The van der Waals surface area contributed by atoms with Crippen LogP contribution in [-0.2, 0) is 13.6 Å². The monoisotopic (exact) mass is 412 g/mol. The van der Waals surface area contributed by atoms with Crippen LogP contribution in [0.4, 0.5) is 17.2 Å². The Balaban J connectivity index is 0.000000948. The van der Waals surface area contributed by atoms with Crippen LogP contribution in [0.3, 0.4) is 0 Å². The van der Waals surface area contributed by atoms with Crippen molar-refractivity contribution in [3.63, 3.8) is 0 Å². The number of halogens is 1. The third-order valence-corrected chi connectivity index (χ3v) is 4.83. The predicted octanol–water partition coefficient (Wildman–Crippen LogP) is 5.11. The molecule has 1 aliphatic heterocycles. The number of nitrogens with one attached hydrogen (secondary N) is 1. The highest BCUT2D eigenvalue weighted by atomic mass is 79.9. The molecule has 2 aromatic carbocycles. The van der Waals surface area contributed by atoms with Gasteiger partial charge in [-0.25, -0.2) is 0 Å². The summed E-state index contributed by atoms with van der Waals surface area (Å²) < 4.78 is 2.58. The fourth-order valence-corrected chi connectivity index (χ4v) is 3.37. The Hall–Kier alpha value is -2.60. The van der Waals surface area contributed by atoms with Crippen LogP contribution in [-0.4, -0.2) is 15.7 Å². The van der Waals surface area contributed by atoms with Gasteiger partial charge in [0.1, 0.15) is 5.82 Å². The smallest absolute Gasteiger partial charge is 0.259 e. The SMILES string of the molecule is CC.Cn1ncc2c1Nc1ccccc1N(C(=O)c1ccccc1Br)C2. The lowest BCUT2D eigenvalue weighted by Gasteiger charge is -2.23. The zero-order chi connectivity index (χ0) is 18.7. The van der Waals surface area contributed by atoms with E-state index < -0.39 is 0 Å². The van der Waals surface area contributed by atoms with E-state index in [1.54, 1.807) is 15.8 Å². The van der Waals surface area contributed by atoms with Crippen molar-refractivity contribution in [1.29, 1.82) is 0 Å². The van der Waals surface area contributed by atoms with Crippen LogP contribution in [0.1, 0.15) is 29.8 Å². The van der Waals surface area contributed by atoms with Crippen LogP contribution in [0.5, 0.6) is 0 Å². The number of aromatic nitrogens is 2. The lowest BCUT2D eigenvalue weighted by molar-refractivity contribution is 0.0984. The van der Waals surface area contributed by atoms with Gasteiger partial charge >= 0.3 is 0 Å². The van der Waals surface area contributed by atoms with Crippen molar-refractivity contribution in [2.45, 2.75) is 20.4 Å². The number of fused-ring (bicyclic) bond motifs is 2. The number of amides is 1. The molecule has 4 rings (SSSR count). The molecule has 0 fully saturated rings. The van der Waals surface area contributed by atoms with Crippen LogP contribution in [0, 0.1) is 0 Å². The second-order valence-electron chi connectivity index (χ2n) is 5.66. The zero-order valence-electron chi connectivity index (χ0n) is 15.0. The van der Waals surface area contributed by atoms with Gasteiger partial charge in [0.2, 0.25) is 0 Å². The molecule has 0 radical (unpaired) electrons. The molecule has 2 heterocycles. The first-order chi connectivity index (χ1) is 12.6. The number of para-hydroxylation sites is 2. The standard InChI is InChI=1S/C18H15BrN4O.C2H6/c1-22-17-12(10-20-22)11-23(16-9-5-4-8-15(16)21-17)18(24)13-6-2-3-7-14(13)19;1-2/h2-10,21H,11H2,1H3;1-2H3. The van der Waals surface area contributed by atoms with Crippen molar-refractivity contribution in [3.05, 3.63) is 70.3 Å². The number of rotatable bonds is 1. The number of hydrogen-bond donors (Lipinski definition) is 1. The predicted molar refractivity (Wildman–Crippen MR) is 109 cm³/mol. The van der Waals surface area contributed by atoms with Gasteiger partial charge in [0.25, 0.3) is 5.91 Å². The maximum absolute atomic E-state index is 13.2. The number of hydrogen-bond acceptors (Lipinski definition) is 3. The van der Waals surface area contributed by atoms with Gasteiger partial charge in [-0.3, -0.25) is 9.48 Å². The molecule has 1 aliphatic rings. The zero-order valence-corrected chi connectivity index (χ0v) is 16.6. The summed E-state index contributed by atoms with van der Waals surface area (Å²) in [6, 6.07) is 15.3. The summed E-state index contributed by atoms with van der Waals surface area (Å²) in [5.41, 5.74) is 3.36. The first-order valence-corrected chi connectivity index (χ1v) is 9.38. The number of benzene rings is 2. The summed E-state index contributed by atoms with van der Waals surface area (Å²) >= 11 is 3.48.